The number of nitrogen functional groups attached to an aromatic ring is 1. The Kier molecular flexibility index (Phi) is 3.52. The third-order valence-electron chi connectivity index (χ3n) is 4.26. The molecule has 1 aromatic rings. The molecule has 0 bridgehead atoms. The fourth-order valence-electron chi connectivity index (χ4n) is 2.55. The summed E-state index contributed by atoms with van der Waals surface area (Å²) in [6.07, 6.45) is 4.33. The second kappa shape index (κ2) is 5.18. The Morgan fingerprint density at radius 3 is 2.45 bits per heavy atom. The van der Waals surface area contributed by atoms with Crippen LogP contribution in [0.5, 0.6) is 0 Å². The van der Waals surface area contributed by atoms with Crippen molar-refractivity contribution in [3.8, 4) is 0 Å². The summed E-state index contributed by atoms with van der Waals surface area (Å²) in [6.45, 7) is 5.82. The van der Waals surface area contributed by atoms with Gasteiger partial charge in [0.1, 0.15) is 17.5 Å². The van der Waals surface area contributed by atoms with Crippen molar-refractivity contribution in [1.29, 1.82) is 0 Å². The van der Waals surface area contributed by atoms with E-state index in [2.05, 4.69) is 22.7 Å². The molecule has 0 radical (unpaired) electrons. The molecule has 1 saturated carbocycles. The maximum Gasteiger partial charge on any atom is 0.148 e. The second-order valence-corrected chi connectivity index (χ2v) is 6.12. The van der Waals surface area contributed by atoms with Crippen molar-refractivity contribution in [2.75, 3.05) is 24.0 Å². The average Bonchev–Trinajstić information content (AvgIpc) is 3.26. The van der Waals surface area contributed by atoms with Crippen LogP contribution in [0.3, 0.4) is 0 Å². The number of anilines is 2. The monoisotopic (exact) mass is 277 g/mol. The van der Waals surface area contributed by atoms with Crippen LogP contribution >= 0.6 is 0 Å². The first-order valence-corrected chi connectivity index (χ1v) is 7.32. The highest BCUT2D eigenvalue weighted by molar-refractivity contribution is 5.58. The van der Waals surface area contributed by atoms with Crippen LogP contribution in [0.4, 0.5) is 11.6 Å². The van der Waals surface area contributed by atoms with Crippen LogP contribution < -0.4 is 16.6 Å². The van der Waals surface area contributed by atoms with Gasteiger partial charge in [-0.25, -0.2) is 15.8 Å². The highest BCUT2D eigenvalue weighted by Crippen LogP contribution is 2.40. The topological polar surface area (TPSA) is 85.1 Å². The summed E-state index contributed by atoms with van der Waals surface area (Å²) in [5.41, 5.74) is 3.70. The van der Waals surface area contributed by atoms with Crippen LogP contribution in [-0.4, -0.2) is 28.7 Å². The Labute approximate surface area is 119 Å². The lowest BCUT2D eigenvalue weighted by Crippen LogP contribution is -2.41. The first-order chi connectivity index (χ1) is 9.61. The van der Waals surface area contributed by atoms with Crippen molar-refractivity contribution in [2.24, 2.45) is 5.84 Å². The summed E-state index contributed by atoms with van der Waals surface area (Å²) in [6, 6.07) is 0. The Balaban J connectivity index is 1.88. The summed E-state index contributed by atoms with van der Waals surface area (Å²) in [5.74, 6) is 8.62. The summed E-state index contributed by atoms with van der Waals surface area (Å²) >= 11 is 0. The summed E-state index contributed by atoms with van der Waals surface area (Å²) in [7, 11) is 0. The molecule has 2 fully saturated rings. The molecule has 1 aliphatic heterocycles. The summed E-state index contributed by atoms with van der Waals surface area (Å²) in [5, 5.41) is 3.60. The number of ether oxygens (including phenoxy) is 1. The van der Waals surface area contributed by atoms with Crippen molar-refractivity contribution >= 4 is 11.6 Å². The van der Waals surface area contributed by atoms with Gasteiger partial charge in [0.2, 0.25) is 0 Å². The molecule has 2 heterocycles. The quantitative estimate of drug-likeness (QED) is 0.576. The Morgan fingerprint density at radius 2 is 1.85 bits per heavy atom. The number of nitrogens with one attached hydrogen (secondary N) is 2. The molecule has 1 aliphatic carbocycles. The van der Waals surface area contributed by atoms with Gasteiger partial charge in [-0.3, -0.25) is 0 Å². The molecular formula is C14H23N5O. The number of hydrazine groups is 1. The van der Waals surface area contributed by atoms with E-state index in [-0.39, 0.29) is 5.54 Å². The van der Waals surface area contributed by atoms with Gasteiger partial charge < -0.3 is 15.5 Å². The van der Waals surface area contributed by atoms with Gasteiger partial charge in [-0.2, -0.15) is 0 Å². The maximum atomic E-state index is 5.59. The molecule has 1 aromatic heterocycles. The minimum Gasteiger partial charge on any atom is -0.381 e. The zero-order valence-corrected chi connectivity index (χ0v) is 12.2. The highest BCUT2D eigenvalue weighted by atomic mass is 16.5. The standard InChI is InChI=1S/C14H23N5O/c1-9-11(18-14(2)5-7-20-8-6-14)16-13(10-3-4-10)17-12(9)19-15/h10H,3-8,15H2,1-2H3,(H2,16,17,18,19). The van der Waals surface area contributed by atoms with Crippen LogP contribution in [0.2, 0.25) is 0 Å². The summed E-state index contributed by atoms with van der Waals surface area (Å²) in [4.78, 5) is 9.24. The molecule has 0 spiro atoms. The molecule has 110 valence electrons. The lowest BCUT2D eigenvalue weighted by atomic mass is 9.92. The van der Waals surface area contributed by atoms with Crippen molar-refractivity contribution in [1.82, 2.24) is 9.97 Å². The molecule has 0 amide bonds. The van der Waals surface area contributed by atoms with Crippen LogP contribution in [0, 0.1) is 6.92 Å². The van der Waals surface area contributed by atoms with E-state index in [1.54, 1.807) is 0 Å². The first-order valence-electron chi connectivity index (χ1n) is 7.32. The van der Waals surface area contributed by atoms with Crippen LogP contribution in [0.25, 0.3) is 0 Å². The summed E-state index contributed by atoms with van der Waals surface area (Å²) < 4.78 is 5.44. The van der Waals surface area contributed by atoms with Gasteiger partial charge in [-0.15, -0.1) is 0 Å². The molecule has 0 atom stereocenters. The maximum absolute atomic E-state index is 5.59. The second-order valence-electron chi connectivity index (χ2n) is 6.12. The molecule has 20 heavy (non-hydrogen) atoms. The number of hydrogen-bond donors (Lipinski definition) is 3. The fraction of sp³-hybridized carbons (Fsp3) is 0.714. The Morgan fingerprint density at radius 1 is 1.20 bits per heavy atom. The highest BCUT2D eigenvalue weighted by Gasteiger charge is 2.31. The predicted octanol–water partition coefficient (Wildman–Crippen LogP) is 1.93. The van der Waals surface area contributed by atoms with Gasteiger partial charge in [0.25, 0.3) is 0 Å². The van der Waals surface area contributed by atoms with E-state index in [0.29, 0.717) is 5.92 Å². The molecule has 6 nitrogen and oxygen atoms in total. The van der Waals surface area contributed by atoms with Gasteiger partial charge >= 0.3 is 0 Å². The minimum absolute atomic E-state index is 0.0318. The van der Waals surface area contributed by atoms with E-state index in [0.717, 1.165) is 49.1 Å². The van der Waals surface area contributed by atoms with Crippen molar-refractivity contribution < 1.29 is 4.74 Å². The molecule has 3 rings (SSSR count). The number of rotatable bonds is 4. The third kappa shape index (κ3) is 2.71. The van der Waals surface area contributed by atoms with Crippen LogP contribution in [0.1, 0.15) is 49.9 Å². The zero-order chi connectivity index (χ0) is 14.2. The number of aromatic nitrogens is 2. The lowest BCUT2D eigenvalue weighted by molar-refractivity contribution is 0.0657. The Hall–Kier alpha value is -1.40. The normalized spacial score (nSPS) is 21.6. The zero-order valence-electron chi connectivity index (χ0n) is 12.2. The smallest absolute Gasteiger partial charge is 0.148 e. The van der Waals surface area contributed by atoms with E-state index in [9.17, 15) is 0 Å². The largest absolute Gasteiger partial charge is 0.381 e. The van der Waals surface area contributed by atoms with E-state index in [1.165, 1.54) is 12.8 Å². The van der Waals surface area contributed by atoms with E-state index >= 15 is 0 Å². The van der Waals surface area contributed by atoms with Gasteiger partial charge in [0.05, 0.1) is 0 Å². The first kappa shape index (κ1) is 13.6. The lowest BCUT2D eigenvalue weighted by Gasteiger charge is -2.35. The SMILES string of the molecule is Cc1c(NN)nc(C2CC2)nc1NC1(C)CCOCC1. The molecule has 0 aromatic carbocycles. The predicted molar refractivity (Wildman–Crippen MR) is 78.6 cm³/mol. The molecule has 4 N–H and O–H groups in total. The van der Waals surface area contributed by atoms with Crippen LogP contribution in [0.15, 0.2) is 0 Å². The molecular weight excluding hydrogens is 254 g/mol. The number of nitrogens with two attached hydrogens (primary N) is 1. The molecule has 6 heteroatoms. The van der Waals surface area contributed by atoms with Crippen molar-refractivity contribution in [3.05, 3.63) is 11.4 Å². The van der Waals surface area contributed by atoms with Gasteiger partial charge in [-0.05, 0) is 39.5 Å². The molecule has 0 unspecified atom stereocenters. The number of nitrogens with zero attached hydrogens (tertiary/aromatic N) is 2. The van der Waals surface area contributed by atoms with E-state index < -0.39 is 0 Å². The van der Waals surface area contributed by atoms with Crippen LogP contribution in [-0.2, 0) is 4.74 Å². The average molecular weight is 277 g/mol. The minimum atomic E-state index is 0.0318. The molecule has 1 saturated heterocycles. The van der Waals surface area contributed by atoms with Gasteiger partial charge in [0.15, 0.2) is 0 Å². The van der Waals surface area contributed by atoms with Crippen molar-refractivity contribution in [3.63, 3.8) is 0 Å². The van der Waals surface area contributed by atoms with E-state index in [1.807, 2.05) is 6.92 Å². The number of hydrogen-bond acceptors (Lipinski definition) is 6. The molecule has 2 aliphatic rings. The van der Waals surface area contributed by atoms with E-state index in [4.69, 9.17) is 15.6 Å². The fourth-order valence-corrected chi connectivity index (χ4v) is 2.55. The van der Waals surface area contributed by atoms with Gasteiger partial charge in [-0.1, -0.05) is 0 Å². The van der Waals surface area contributed by atoms with Gasteiger partial charge in [0, 0.05) is 30.2 Å². The third-order valence-corrected chi connectivity index (χ3v) is 4.26. The van der Waals surface area contributed by atoms with Crippen molar-refractivity contribution in [2.45, 2.75) is 51.0 Å². The Bertz CT molecular complexity index is 495.